The van der Waals surface area contributed by atoms with Crippen molar-refractivity contribution in [2.75, 3.05) is 12.8 Å². The van der Waals surface area contributed by atoms with E-state index in [4.69, 9.17) is 0 Å². The number of imidazole rings is 1. The summed E-state index contributed by atoms with van der Waals surface area (Å²) in [5, 5.41) is 5.18. The molecule has 3 aromatic rings. The summed E-state index contributed by atoms with van der Waals surface area (Å²) in [7, 11) is 0. The first-order valence-electron chi connectivity index (χ1n) is 8.29. The first-order valence-corrected chi connectivity index (χ1v) is 10.5. The third-order valence-corrected chi connectivity index (χ3v) is 5.99. The van der Waals surface area contributed by atoms with Crippen molar-refractivity contribution in [1.82, 2.24) is 14.5 Å². The minimum absolute atomic E-state index is 0.121. The maximum atomic E-state index is 13.0. The number of hydrogen-bond donors (Lipinski definition) is 0. The molecule has 1 fully saturated rings. The number of likely N-dealkylation sites (tertiary alicyclic amines) is 1. The van der Waals surface area contributed by atoms with E-state index in [-0.39, 0.29) is 11.9 Å². The Kier molecular flexibility index (Phi) is 4.63. The van der Waals surface area contributed by atoms with Gasteiger partial charge in [0.2, 0.25) is 0 Å². The van der Waals surface area contributed by atoms with E-state index < -0.39 is 0 Å². The molecule has 0 bridgehead atoms. The molecule has 0 aliphatic carbocycles. The van der Waals surface area contributed by atoms with Gasteiger partial charge < -0.3 is 4.90 Å². The van der Waals surface area contributed by atoms with Crippen LogP contribution in [0.2, 0.25) is 0 Å². The van der Waals surface area contributed by atoms with Crippen LogP contribution < -0.4 is 0 Å². The highest BCUT2D eigenvalue weighted by molar-refractivity contribution is 7.98. The van der Waals surface area contributed by atoms with Gasteiger partial charge in [-0.25, -0.2) is 4.98 Å². The molecule has 4 nitrogen and oxygen atoms in total. The van der Waals surface area contributed by atoms with E-state index >= 15 is 0 Å². The summed E-state index contributed by atoms with van der Waals surface area (Å²) in [6.45, 7) is 0.833. The molecule has 0 saturated carbocycles. The van der Waals surface area contributed by atoms with Gasteiger partial charge in [0, 0.05) is 30.2 Å². The van der Waals surface area contributed by atoms with Crippen LogP contribution in [0.3, 0.4) is 0 Å². The Morgan fingerprint density at radius 3 is 2.84 bits per heavy atom. The zero-order chi connectivity index (χ0) is 17.2. The lowest BCUT2D eigenvalue weighted by molar-refractivity contribution is 0.0736. The molecule has 3 heterocycles. The van der Waals surface area contributed by atoms with Crippen LogP contribution in [0.4, 0.5) is 0 Å². The summed E-state index contributed by atoms with van der Waals surface area (Å²) in [6, 6.07) is 10.2. The third-order valence-electron chi connectivity index (χ3n) is 4.62. The molecule has 1 aliphatic heterocycles. The number of aromatic nitrogens is 2. The van der Waals surface area contributed by atoms with E-state index in [0.29, 0.717) is 0 Å². The molecule has 4 rings (SSSR count). The number of hydrogen-bond acceptors (Lipinski definition) is 4. The van der Waals surface area contributed by atoms with Crippen LogP contribution in [-0.4, -0.2) is 33.2 Å². The van der Waals surface area contributed by atoms with Gasteiger partial charge in [-0.05, 0) is 65.8 Å². The van der Waals surface area contributed by atoms with Crippen molar-refractivity contribution in [3.8, 4) is 5.69 Å². The highest BCUT2D eigenvalue weighted by atomic mass is 32.2. The highest BCUT2D eigenvalue weighted by Gasteiger charge is 2.30. The number of thiophene rings is 1. The zero-order valence-electron chi connectivity index (χ0n) is 14.0. The molecular formula is C19H19N3OS2. The lowest BCUT2D eigenvalue weighted by atomic mass is 10.1. The Bertz CT molecular complexity index is 855. The first-order chi connectivity index (χ1) is 12.3. The Morgan fingerprint density at radius 2 is 2.12 bits per heavy atom. The van der Waals surface area contributed by atoms with Gasteiger partial charge in [-0.2, -0.15) is 11.3 Å². The van der Waals surface area contributed by atoms with Gasteiger partial charge in [-0.3, -0.25) is 9.36 Å². The van der Waals surface area contributed by atoms with Crippen molar-refractivity contribution in [2.24, 2.45) is 0 Å². The second-order valence-corrected chi connectivity index (χ2v) is 7.60. The lowest BCUT2D eigenvalue weighted by Gasteiger charge is -2.24. The summed E-state index contributed by atoms with van der Waals surface area (Å²) < 4.78 is 2.03. The molecule has 128 valence electrons. The highest BCUT2D eigenvalue weighted by Crippen LogP contribution is 2.34. The standard InChI is InChI=1S/C19H19N3OS2/c1-24-19-20-9-11-21(19)16-6-4-14(5-7-16)18(23)22-10-2-3-17(22)15-8-12-25-13-15/h4-9,11-13,17H,2-3,10H2,1H3. The quantitative estimate of drug-likeness (QED) is 0.629. The zero-order valence-corrected chi connectivity index (χ0v) is 15.6. The Hall–Kier alpha value is -2.05. The fourth-order valence-electron chi connectivity index (χ4n) is 3.39. The number of benzene rings is 1. The van der Waals surface area contributed by atoms with Gasteiger partial charge in [0.25, 0.3) is 5.91 Å². The molecule has 1 amide bonds. The van der Waals surface area contributed by atoms with E-state index in [1.165, 1.54) is 5.56 Å². The number of carbonyl (C=O) groups is 1. The van der Waals surface area contributed by atoms with Crippen molar-refractivity contribution in [2.45, 2.75) is 24.0 Å². The van der Waals surface area contributed by atoms with Gasteiger partial charge in [-0.15, -0.1) is 0 Å². The Labute approximate surface area is 155 Å². The number of nitrogens with zero attached hydrogens (tertiary/aromatic N) is 3. The van der Waals surface area contributed by atoms with Gasteiger partial charge in [0.05, 0.1) is 6.04 Å². The molecule has 0 radical (unpaired) electrons. The normalized spacial score (nSPS) is 17.2. The molecular weight excluding hydrogens is 350 g/mol. The second kappa shape index (κ2) is 7.06. The molecule has 6 heteroatoms. The van der Waals surface area contributed by atoms with Crippen LogP contribution in [0.25, 0.3) is 5.69 Å². The molecule has 1 unspecified atom stereocenters. The van der Waals surface area contributed by atoms with E-state index in [2.05, 4.69) is 21.8 Å². The molecule has 0 N–H and O–H groups in total. The van der Waals surface area contributed by atoms with Crippen molar-refractivity contribution in [3.63, 3.8) is 0 Å². The van der Waals surface area contributed by atoms with Gasteiger partial charge in [-0.1, -0.05) is 11.8 Å². The van der Waals surface area contributed by atoms with Gasteiger partial charge >= 0.3 is 0 Å². The SMILES string of the molecule is CSc1nccn1-c1ccc(C(=O)N2CCCC2c2ccsc2)cc1. The number of amides is 1. The maximum Gasteiger partial charge on any atom is 0.254 e. The molecule has 0 spiro atoms. The van der Waals surface area contributed by atoms with Crippen molar-refractivity contribution < 1.29 is 4.79 Å². The summed E-state index contributed by atoms with van der Waals surface area (Å²) in [5.41, 5.74) is 3.03. The lowest BCUT2D eigenvalue weighted by Crippen LogP contribution is -2.30. The van der Waals surface area contributed by atoms with Gasteiger partial charge in [0.1, 0.15) is 0 Å². The molecule has 1 saturated heterocycles. The minimum atomic E-state index is 0.121. The predicted molar refractivity (Wildman–Crippen MR) is 103 cm³/mol. The summed E-state index contributed by atoms with van der Waals surface area (Å²) in [4.78, 5) is 19.3. The molecule has 2 aromatic heterocycles. The smallest absolute Gasteiger partial charge is 0.254 e. The number of thioether (sulfide) groups is 1. The maximum absolute atomic E-state index is 13.0. The van der Waals surface area contributed by atoms with Crippen molar-refractivity contribution in [3.05, 3.63) is 64.6 Å². The molecule has 1 atom stereocenters. The minimum Gasteiger partial charge on any atom is -0.332 e. The number of carbonyl (C=O) groups excluding carboxylic acids is 1. The van der Waals surface area contributed by atoms with Crippen molar-refractivity contribution >= 4 is 29.0 Å². The van der Waals surface area contributed by atoms with Crippen LogP contribution in [0.5, 0.6) is 0 Å². The van der Waals surface area contributed by atoms with Crippen LogP contribution in [-0.2, 0) is 0 Å². The summed E-state index contributed by atoms with van der Waals surface area (Å²) in [5.74, 6) is 0.121. The summed E-state index contributed by atoms with van der Waals surface area (Å²) in [6.07, 6.45) is 7.86. The molecule has 25 heavy (non-hydrogen) atoms. The Balaban J connectivity index is 1.56. The van der Waals surface area contributed by atoms with E-state index in [1.807, 2.05) is 46.2 Å². The van der Waals surface area contributed by atoms with E-state index in [1.54, 1.807) is 29.3 Å². The monoisotopic (exact) mass is 369 g/mol. The van der Waals surface area contributed by atoms with Gasteiger partial charge in [0.15, 0.2) is 5.16 Å². The average molecular weight is 370 g/mol. The topological polar surface area (TPSA) is 38.1 Å². The second-order valence-electron chi connectivity index (χ2n) is 6.04. The van der Waals surface area contributed by atoms with Crippen LogP contribution in [0, 0.1) is 0 Å². The largest absolute Gasteiger partial charge is 0.332 e. The third kappa shape index (κ3) is 3.12. The predicted octanol–water partition coefficient (Wildman–Crippen LogP) is 4.63. The average Bonchev–Trinajstić information content (AvgIpc) is 3.41. The van der Waals surface area contributed by atoms with Crippen LogP contribution in [0.1, 0.15) is 34.8 Å². The summed E-state index contributed by atoms with van der Waals surface area (Å²) >= 11 is 3.30. The number of rotatable bonds is 4. The van der Waals surface area contributed by atoms with E-state index in [9.17, 15) is 4.79 Å². The van der Waals surface area contributed by atoms with Crippen molar-refractivity contribution in [1.29, 1.82) is 0 Å². The van der Waals surface area contributed by atoms with Crippen LogP contribution >= 0.6 is 23.1 Å². The molecule has 1 aromatic carbocycles. The molecule has 1 aliphatic rings. The first kappa shape index (κ1) is 16.4. The van der Waals surface area contributed by atoms with E-state index in [0.717, 1.165) is 35.8 Å². The fraction of sp³-hybridized carbons (Fsp3) is 0.263. The van der Waals surface area contributed by atoms with Crippen LogP contribution in [0.15, 0.2) is 58.6 Å². The fourth-order valence-corrected chi connectivity index (χ4v) is 4.62. The Morgan fingerprint density at radius 1 is 1.28 bits per heavy atom.